The van der Waals surface area contributed by atoms with E-state index in [1.54, 1.807) is 23.9 Å². The Bertz CT molecular complexity index is 446. The molecule has 0 aliphatic carbocycles. The molecular formula is C13H17NO3S. The van der Waals surface area contributed by atoms with Gasteiger partial charge in [0.05, 0.1) is 5.56 Å². The fraction of sp³-hybridized carbons (Fsp3) is 0.385. The highest BCUT2D eigenvalue weighted by Gasteiger charge is 2.17. The molecule has 0 aliphatic heterocycles. The van der Waals surface area contributed by atoms with Crippen LogP contribution in [0.15, 0.2) is 29.2 Å². The van der Waals surface area contributed by atoms with E-state index in [1.807, 2.05) is 26.0 Å². The third kappa shape index (κ3) is 4.07. The van der Waals surface area contributed by atoms with Crippen LogP contribution in [0.1, 0.15) is 31.1 Å². The molecule has 0 saturated carbocycles. The Morgan fingerprint density at radius 2 is 1.83 bits per heavy atom. The normalized spacial score (nSPS) is 12.2. The van der Waals surface area contributed by atoms with E-state index in [9.17, 15) is 9.59 Å². The van der Waals surface area contributed by atoms with Crippen molar-refractivity contribution in [1.82, 2.24) is 5.32 Å². The average Bonchev–Trinajstić information content (AvgIpc) is 2.28. The summed E-state index contributed by atoms with van der Waals surface area (Å²) >= 11 is 1.58. The van der Waals surface area contributed by atoms with Crippen molar-refractivity contribution in [3.8, 4) is 0 Å². The molecule has 4 nitrogen and oxygen atoms in total. The van der Waals surface area contributed by atoms with Gasteiger partial charge in [-0.15, -0.1) is 11.8 Å². The molecule has 0 aliphatic rings. The van der Waals surface area contributed by atoms with Gasteiger partial charge in [0.1, 0.15) is 6.04 Å². The summed E-state index contributed by atoms with van der Waals surface area (Å²) in [5.74, 6) is -1.40. The Morgan fingerprint density at radius 1 is 1.22 bits per heavy atom. The van der Waals surface area contributed by atoms with Crippen LogP contribution in [0.25, 0.3) is 0 Å². The fourth-order valence-corrected chi connectivity index (χ4v) is 2.30. The van der Waals surface area contributed by atoms with Crippen molar-refractivity contribution in [2.24, 2.45) is 0 Å². The van der Waals surface area contributed by atoms with E-state index >= 15 is 0 Å². The summed E-state index contributed by atoms with van der Waals surface area (Å²) in [6.45, 7) is 5.52. The van der Waals surface area contributed by atoms with E-state index in [2.05, 4.69) is 5.32 Å². The number of carbonyl (C=O) groups excluding carboxylic acids is 1. The van der Waals surface area contributed by atoms with Crippen LogP contribution < -0.4 is 5.32 Å². The molecule has 18 heavy (non-hydrogen) atoms. The molecule has 1 aromatic carbocycles. The third-order valence-corrected chi connectivity index (χ3v) is 3.29. The van der Waals surface area contributed by atoms with Crippen molar-refractivity contribution in [2.45, 2.75) is 37.0 Å². The summed E-state index contributed by atoms with van der Waals surface area (Å²) in [6, 6.07) is 6.31. The zero-order valence-corrected chi connectivity index (χ0v) is 11.5. The fourth-order valence-electron chi connectivity index (χ4n) is 1.35. The van der Waals surface area contributed by atoms with Crippen molar-refractivity contribution in [3.05, 3.63) is 29.8 Å². The number of hydrogen-bond acceptors (Lipinski definition) is 3. The van der Waals surface area contributed by atoms with Gasteiger partial charge in [0.15, 0.2) is 0 Å². The van der Waals surface area contributed by atoms with Crippen LogP contribution in [-0.4, -0.2) is 28.3 Å². The summed E-state index contributed by atoms with van der Waals surface area (Å²) in [5.41, 5.74) is 0.518. The molecule has 1 amide bonds. The number of amides is 1. The number of nitrogens with one attached hydrogen (secondary N) is 1. The maximum absolute atomic E-state index is 12.0. The first-order valence-corrected chi connectivity index (χ1v) is 6.59. The summed E-state index contributed by atoms with van der Waals surface area (Å²) < 4.78 is 0. The highest BCUT2D eigenvalue weighted by atomic mass is 32.2. The van der Waals surface area contributed by atoms with Gasteiger partial charge in [-0.2, -0.15) is 0 Å². The predicted octanol–water partition coefficient (Wildman–Crippen LogP) is 2.39. The van der Waals surface area contributed by atoms with Crippen molar-refractivity contribution in [2.75, 3.05) is 0 Å². The third-order valence-electron chi connectivity index (χ3n) is 2.21. The molecule has 0 heterocycles. The van der Waals surface area contributed by atoms with Crippen molar-refractivity contribution in [1.29, 1.82) is 0 Å². The molecule has 0 bridgehead atoms. The average molecular weight is 267 g/mol. The summed E-state index contributed by atoms with van der Waals surface area (Å²) in [5, 5.41) is 11.6. The van der Waals surface area contributed by atoms with E-state index in [0.29, 0.717) is 10.8 Å². The number of benzene rings is 1. The van der Waals surface area contributed by atoms with Crippen LogP contribution in [0, 0.1) is 0 Å². The number of hydrogen-bond donors (Lipinski definition) is 2. The van der Waals surface area contributed by atoms with E-state index in [-0.39, 0.29) is 5.91 Å². The zero-order valence-electron chi connectivity index (χ0n) is 10.6. The highest BCUT2D eigenvalue weighted by molar-refractivity contribution is 8.00. The smallest absolute Gasteiger partial charge is 0.325 e. The monoisotopic (exact) mass is 267 g/mol. The quantitative estimate of drug-likeness (QED) is 0.804. The lowest BCUT2D eigenvalue weighted by Crippen LogP contribution is -2.38. The van der Waals surface area contributed by atoms with Gasteiger partial charge in [-0.25, -0.2) is 0 Å². The summed E-state index contributed by atoms with van der Waals surface area (Å²) in [6.07, 6.45) is 0. The Morgan fingerprint density at radius 3 is 2.39 bits per heavy atom. The van der Waals surface area contributed by atoms with Gasteiger partial charge in [0, 0.05) is 10.1 Å². The second kappa shape index (κ2) is 6.44. The SMILES string of the molecule is CC(C)Sc1ccccc1C(=O)N[C@H](C)C(=O)O. The number of thioether (sulfide) groups is 1. The van der Waals surface area contributed by atoms with Crippen molar-refractivity contribution < 1.29 is 14.7 Å². The molecule has 0 unspecified atom stereocenters. The number of aliphatic carboxylic acids is 1. The minimum absolute atomic E-state index is 0.353. The van der Waals surface area contributed by atoms with Gasteiger partial charge in [0.25, 0.3) is 5.91 Å². The van der Waals surface area contributed by atoms with Gasteiger partial charge >= 0.3 is 5.97 Å². The first-order valence-electron chi connectivity index (χ1n) is 5.71. The van der Waals surface area contributed by atoms with Crippen LogP contribution >= 0.6 is 11.8 Å². The Labute approximate surface area is 111 Å². The Kier molecular flexibility index (Phi) is 5.22. The number of rotatable bonds is 5. The van der Waals surface area contributed by atoms with Crippen molar-refractivity contribution in [3.63, 3.8) is 0 Å². The Balaban J connectivity index is 2.88. The van der Waals surface area contributed by atoms with Gasteiger partial charge in [-0.3, -0.25) is 9.59 Å². The molecule has 1 atom stereocenters. The standard InChI is InChI=1S/C13H17NO3S/c1-8(2)18-11-7-5-4-6-10(11)12(15)14-9(3)13(16)17/h4-9H,1-3H3,(H,14,15)(H,16,17)/t9-/m1/s1. The van der Waals surface area contributed by atoms with Crippen LogP contribution in [0.4, 0.5) is 0 Å². The minimum Gasteiger partial charge on any atom is -0.480 e. The van der Waals surface area contributed by atoms with E-state index in [4.69, 9.17) is 5.11 Å². The van der Waals surface area contributed by atoms with Crippen LogP contribution in [0.3, 0.4) is 0 Å². The molecule has 98 valence electrons. The van der Waals surface area contributed by atoms with Gasteiger partial charge in [-0.05, 0) is 19.1 Å². The topological polar surface area (TPSA) is 66.4 Å². The first-order chi connectivity index (χ1) is 8.41. The molecule has 2 N–H and O–H groups in total. The molecular weight excluding hydrogens is 250 g/mol. The molecule has 1 aromatic rings. The second-order valence-corrected chi connectivity index (χ2v) is 5.81. The summed E-state index contributed by atoms with van der Waals surface area (Å²) in [7, 11) is 0. The van der Waals surface area contributed by atoms with Crippen LogP contribution in [0.5, 0.6) is 0 Å². The predicted molar refractivity (Wildman–Crippen MR) is 72.0 cm³/mol. The maximum Gasteiger partial charge on any atom is 0.325 e. The number of carboxylic acids is 1. The lowest BCUT2D eigenvalue weighted by Gasteiger charge is -2.13. The van der Waals surface area contributed by atoms with Gasteiger partial charge in [-0.1, -0.05) is 26.0 Å². The first kappa shape index (κ1) is 14.6. The van der Waals surface area contributed by atoms with Crippen LogP contribution in [-0.2, 0) is 4.79 Å². The second-order valence-electron chi connectivity index (χ2n) is 4.20. The largest absolute Gasteiger partial charge is 0.480 e. The van der Waals surface area contributed by atoms with Crippen LogP contribution in [0.2, 0.25) is 0 Å². The highest BCUT2D eigenvalue weighted by Crippen LogP contribution is 2.26. The summed E-state index contributed by atoms with van der Waals surface area (Å²) in [4.78, 5) is 23.5. The van der Waals surface area contributed by atoms with Gasteiger partial charge in [0.2, 0.25) is 0 Å². The lowest BCUT2D eigenvalue weighted by atomic mass is 10.2. The van der Waals surface area contributed by atoms with Crippen molar-refractivity contribution >= 4 is 23.6 Å². The molecule has 0 spiro atoms. The molecule has 0 radical (unpaired) electrons. The Hall–Kier alpha value is -1.49. The molecule has 0 saturated heterocycles. The molecule has 1 rings (SSSR count). The van der Waals surface area contributed by atoms with E-state index in [0.717, 1.165) is 4.90 Å². The number of carboxylic acid groups (broad SMARTS) is 1. The molecule has 0 fully saturated rings. The molecule has 0 aromatic heterocycles. The zero-order chi connectivity index (χ0) is 13.7. The lowest BCUT2D eigenvalue weighted by molar-refractivity contribution is -0.138. The minimum atomic E-state index is -1.04. The van der Waals surface area contributed by atoms with E-state index in [1.165, 1.54) is 6.92 Å². The van der Waals surface area contributed by atoms with Gasteiger partial charge < -0.3 is 10.4 Å². The van der Waals surface area contributed by atoms with E-state index < -0.39 is 12.0 Å². The molecule has 5 heteroatoms. The maximum atomic E-state index is 12.0. The number of carbonyl (C=O) groups is 2.